The van der Waals surface area contributed by atoms with E-state index in [0.717, 1.165) is 0 Å². The van der Waals surface area contributed by atoms with Crippen molar-refractivity contribution in [3.8, 4) is 0 Å². The van der Waals surface area contributed by atoms with Gasteiger partial charge >= 0.3 is 0 Å². The molecule has 0 unspecified atom stereocenters. The molecule has 0 radical (unpaired) electrons. The summed E-state index contributed by atoms with van der Waals surface area (Å²) in [6.45, 7) is 4.52. The summed E-state index contributed by atoms with van der Waals surface area (Å²) in [5.74, 6) is 21.6. The van der Waals surface area contributed by atoms with Crippen molar-refractivity contribution in [2.75, 3.05) is 92.0 Å². The lowest BCUT2D eigenvalue weighted by atomic mass is 10.1. The maximum Gasteiger partial charge on any atom is 0.0395 e. The highest BCUT2D eigenvalue weighted by molar-refractivity contribution is 8.06. The van der Waals surface area contributed by atoms with Crippen molar-refractivity contribution >= 4 is 111 Å². The van der Waals surface area contributed by atoms with Gasteiger partial charge in [0.05, 0.1) is 0 Å². The average Bonchev–Trinajstić information content (AvgIpc) is 3.93. The Kier molecular flexibility index (Phi) is 46.4. The van der Waals surface area contributed by atoms with Gasteiger partial charge in [0.1, 0.15) is 0 Å². The van der Waals surface area contributed by atoms with Crippen LogP contribution in [0, 0.1) is 0 Å². The molecule has 1 saturated heterocycles. The lowest BCUT2D eigenvalue weighted by Gasteiger charge is -2.12. The summed E-state index contributed by atoms with van der Waals surface area (Å²) >= 11 is 17.2. The van der Waals surface area contributed by atoms with E-state index in [0.29, 0.717) is 9.04 Å². The number of thioether (sulfide) groups is 8. The molecule has 0 aromatic carbocycles. The first-order chi connectivity index (χ1) is 25.8. The van der Waals surface area contributed by atoms with Gasteiger partial charge in [-0.15, -0.1) is 0 Å². The summed E-state index contributed by atoms with van der Waals surface area (Å²) in [6, 6.07) is 6.98. The molecule has 1 aliphatic heterocycles. The van der Waals surface area contributed by atoms with E-state index in [4.69, 9.17) is 0 Å². The van der Waals surface area contributed by atoms with E-state index in [1.165, 1.54) is 195 Å². The van der Waals surface area contributed by atoms with Crippen LogP contribution in [0.2, 0.25) is 24.2 Å². The molecule has 1 rings (SSSR count). The van der Waals surface area contributed by atoms with Crippen LogP contribution < -0.4 is 0 Å². The van der Waals surface area contributed by atoms with E-state index in [1.54, 1.807) is 49.9 Å². The van der Waals surface area contributed by atoms with Crippen LogP contribution >= 0.6 is 94.1 Å². The first-order valence-electron chi connectivity index (χ1n) is 22.4. The highest BCUT2D eigenvalue weighted by atomic mass is 32.2. The molecule has 0 saturated carbocycles. The Bertz CT molecular complexity index is 674. The number of hydrogen-bond donors (Lipinski definition) is 0. The van der Waals surface area contributed by atoms with E-state index in [1.807, 2.05) is 0 Å². The molecule has 0 aliphatic carbocycles. The van der Waals surface area contributed by atoms with E-state index >= 15 is 0 Å². The highest BCUT2D eigenvalue weighted by Crippen LogP contribution is 2.41. The molecule has 0 atom stereocenters. The summed E-state index contributed by atoms with van der Waals surface area (Å²) in [5, 5.41) is 0. The average molecular weight is 906 g/mol. The monoisotopic (exact) mass is 904 g/mol. The Labute approximate surface area is 365 Å². The second-order valence-electron chi connectivity index (χ2n) is 15.0. The minimum absolute atomic E-state index is 0.339. The second kappa shape index (κ2) is 45.3. The van der Waals surface area contributed by atoms with Crippen molar-refractivity contribution < 1.29 is 0 Å². The molecular formula is C42H88S8Si2. The van der Waals surface area contributed by atoms with Gasteiger partial charge in [-0.25, -0.2) is 0 Å². The molecule has 0 N–H and O–H groups in total. The number of hydrogen-bond acceptors (Lipinski definition) is 8. The van der Waals surface area contributed by atoms with Gasteiger partial charge in [0, 0.05) is 85.7 Å². The van der Waals surface area contributed by atoms with Crippen LogP contribution in [0.25, 0.3) is 0 Å². The summed E-state index contributed by atoms with van der Waals surface area (Å²) in [6.07, 6.45) is 30.3. The lowest BCUT2D eigenvalue weighted by Crippen LogP contribution is -2.24. The van der Waals surface area contributed by atoms with Gasteiger partial charge in [-0.3, -0.25) is 0 Å². The number of rotatable bonds is 47. The van der Waals surface area contributed by atoms with Crippen LogP contribution in [0.3, 0.4) is 0 Å². The molecular weight excluding hydrogens is 817 g/mol. The fourth-order valence-corrected chi connectivity index (χ4v) is 27.7. The quantitative estimate of drug-likeness (QED) is 0.0432. The summed E-state index contributed by atoms with van der Waals surface area (Å²) < 4.78 is 0. The Hall–Kier alpha value is 3.23. The van der Waals surface area contributed by atoms with Crippen LogP contribution in [0.5, 0.6) is 0 Å². The molecule has 0 amide bonds. The normalized spacial score (nSPS) is 14.0. The number of unbranched alkanes of at least 4 members (excludes halogenated alkanes) is 18. The predicted molar refractivity (Wildman–Crippen MR) is 276 cm³/mol. The third kappa shape index (κ3) is 41.4. The zero-order valence-corrected chi connectivity index (χ0v) is 43.7. The van der Waals surface area contributed by atoms with E-state index in [-0.39, 0.29) is 0 Å². The van der Waals surface area contributed by atoms with Crippen LogP contribution in [-0.2, 0) is 0 Å². The molecule has 0 aromatic heterocycles. The van der Waals surface area contributed by atoms with Crippen LogP contribution in [-0.4, -0.2) is 109 Å². The first kappa shape index (κ1) is 53.3. The maximum absolute atomic E-state index is 2.26. The SMILES string of the molecule is CCSCCSCCSCCSCCCCCCCCCCCC[SiH2][Si]1(CCCCCCCCCCCCSCCSCCSCCSCC)CC1. The smallest absolute Gasteiger partial charge is 0.0395 e. The summed E-state index contributed by atoms with van der Waals surface area (Å²) in [4.78, 5) is 0. The topological polar surface area (TPSA) is 0 Å². The van der Waals surface area contributed by atoms with Crippen molar-refractivity contribution in [2.45, 2.75) is 166 Å². The Morgan fingerprint density at radius 1 is 0.308 bits per heavy atom. The third-order valence-corrected chi connectivity index (χ3v) is 32.4. The van der Waals surface area contributed by atoms with Crippen molar-refractivity contribution in [3.63, 3.8) is 0 Å². The zero-order chi connectivity index (χ0) is 37.1. The van der Waals surface area contributed by atoms with E-state index < -0.39 is 7.59 Å². The molecule has 312 valence electrons. The predicted octanol–water partition coefficient (Wildman–Crippen LogP) is 15.2. The minimum Gasteiger partial charge on any atom is -0.161 e. The van der Waals surface area contributed by atoms with Gasteiger partial charge in [0.2, 0.25) is 0 Å². The van der Waals surface area contributed by atoms with Gasteiger partial charge < -0.3 is 0 Å². The molecule has 0 spiro atoms. The molecule has 1 heterocycles. The Balaban J connectivity index is 1.69. The largest absolute Gasteiger partial charge is 0.161 e. The standard InChI is InChI=1S/C42H88S8Si2/c1-3-43-27-29-47-35-37-49-33-31-45-25-21-17-13-9-5-7-11-15-19-23-39-51-52(41-42-52)40-24-20-16-12-8-6-10-14-18-22-26-46-32-34-50-38-36-48-30-28-44-4-2/h3-42,51H2,1-2H3. The molecule has 0 aromatic rings. The highest BCUT2D eigenvalue weighted by Gasteiger charge is 2.43. The fraction of sp³-hybridized carbons (Fsp3) is 1.00. The van der Waals surface area contributed by atoms with Gasteiger partial charge in [-0.05, 0) is 35.9 Å². The van der Waals surface area contributed by atoms with E-state index in [2.05, 4.69) is 108 Å². The molecule has 0 nitrogen and oxygen atoms in total. The van der Waals surface area contributed by atoms with Crippen molar-refractivity contribution in [3.05, 3.63) is 0 Å². The third-order valence-electron chi connectivity index (χ3n) is 10.3. The molecule has 0 bridgehead atoms. The Morgan fingerprint density at radius 2 is 0.577 bits per heavy atom. The van der Waals surface area contributed by atoms with Crippen molar-refractivity contribution in [1.29, 1.82) is 0 Å². The van der Waals surface area contributed by atoms with Crippen molar-refractivity contribution in [2.24, 2.45) is 0 Å². The van der Waals surface area contributed by atoms with Gasteiger partial charge in [0.15, 0.2) is 0 Å². The molecule has 1 aliphatic rings. The maximum atomic E-state index is 2.26. The molecule has 1 fully saturated rings. The second-order valence-corrected chi connectivity index (χ2v) is 36.8. The van der Waals surface area contributed by atoms with E-state index in [9.17, 15) is 0 Å². The Morgan fingerprint density at radius 3 is 0.904 bits per heavy atom. The minimum atomic E-state index is -0.556. The molecule has 52 heavy (non-hydrogen) atoms. The zero-order valence-electron chi connectivity index (χ0n) is 34.8. The van der Waals surface area contributed by atoms with Crippen LogP contribution in [0.4, 0.5) is 0 Å². The lowest BCUT2D eigenvalue weighted by molar-refractivity contribution is 0.562. The van der Waals surface area contributed by atoms with Crippen LogP contribution in [0.1, 0.15) is 142 Å². The van der Waals surface area contributed by atoms with Gasteiger partial charge in [-0.1, -0.05) is 154 Å². The van der Waals surface area contributed by atoms with Crippen molar-refractivity contribution in [1.82, 2.24) is 0 Å². The fourth-order valence-electron chi connectivity index (χ4n) is 6.82. The first-order valence-corrected chi connectivity index (χ1v) is 37.6. The summed E-state index contributed by atoms with van der Waals surface area (Å²) in [7, 11) is -0.217. The van der Waals surface area contributed by atoms with Gasteiger partial charge in [0.25, 0.3) is 0 Å². The summed E-state index contributed by atoms with van der Waals surface area (Å²) in [5.41, 5.74) is 0. The van der Waals surface area contributed by atoms with Gasteiger partial charge in [-0.2, -0.15) is 94.1 Å². The molecule has 10 heteroatoms. The van der Waals surface area contributed by atoms with Crippen LogP contribution in [0.15, 0.2) is 0 Å².